The van der Waals surface area contributed by atoms with Gasteiger partial charge in [0.15, 0.2) is 11.3 Å². The summed E-state index contributed by atoms with van der Waals surface area (Å²) in [6, 6.07) is 12.0. The summed E-state index contributed by atoms with van der Waals surface area (Å²) in [5.41, 5.74) is 20.6. The van der Waals surface area contributed by atoms with Crippen molar-refractivity contribution in [3.05, 3.63) is 95.7 Å². The highest BCUT2D eigenvalue weighted by Gasteiger charge is 2.21. The number of nitrogens with one attached hydrogen (secondary N) is 1. The molecule has 3 aromatic heterocycles. The Morgan fingerprint density at radius 2 is 1.86 bits per heavy atom. The van der Waals surface area contributed by atoms with Crippen LogP contribution in [0.2, 0.25) is 0 Å². The largest absolute Gasteiger partial charge is 0.507 e. The summed E-state index contributed by atoms with van der Waals surface area (Å²) in [7, 11) is 0. The summed E-state index contributed by atoms with van der Waals surface area (Å²) < 4.78 is 1.55. The van der Waals surface area contributed by atoms with Crippen LogP contribution < -0.4 is 27.4 Å². The van der Waals surface area contributed by atoms with Gasteiger partial charge in [0.05, 0.1) is 5.70 Å². The van der Waals surface area contributed by atoms with E-state index in [9.17, 15) is 9.90 Å². The number of nitrogens with zero attached hydrogens (tertiary/aromatic N) is 7. The van der Waals surface area contributed by atoms with E-state index in [1.807, 2.05) is 6.07 Å². The third kappa shape index (κ3) is 6.50. The van der Waals surface area contributed by atoms with Crippen LogP contribution in [0.5, 0.6) is 5.75 Å². The molecule has 1 aliphatic heterocycles. The second-order valence-corrected chi connectivity index (χ2v) is 9.43. The molecule has 0 bridgehead atoms. The van der Waals surface area contributed by atoms with Crippen LogP contribution in [0.25, 0.3) is 11.3 Å². The Hall–Kier alpha value is -5.77. The Kier molecular flexibility index (Phi) is 8.34. The number of aromatic hydroxyl groups is 1. The number of hydrogen-bond donors (Lipinski definition) is 5. The fourth-order valence-electron chi connectivity index (χ4n) is 4.47. The van der Waals surface area contributed by atoms with Gasteiger partial charge in [-0.1, -0.05) is 18.1 Å². The Balaban J connectivity index is 1.14. The highest BCUT2D eigenvalue weighted by Crippen LogP contribution is 2.24. The van der Waals surface area contributed by atoms with Crippen LogP contribution in [-0.2, 0) is 0 Å². The van der Waals surface area contributed by atoms with Crippen LogP contribution in [0, 0.1) is 11.8 Å². The minimum absolute atomic E-state index is 0.0828. The zero-order chi connectivity index (χ0) is 29.5. The molecule has 1 fully saturated rings. The van der Waals surface area contributed by atoms with E-state index in [0.29, 0.717) is 73.3 Å². The van der Waals surface area contributed by atoms with E-state index in [2.05, 4.69) is 47.0 Å². The average molecular weight is 566 g/mol. The van der Waals surface area contributed by atoms with Crippen molar-refractivity contribution in [1.82, 2.24) is 34.8 Å². The van der Waals surface area contributed by atoms with Crippen molar-refractivity contribution in [3.8, 4) is 17.6 Å². The third-order valence-electron chi connectivity index (χ3n) is 6.59. The molecule has 0 radical (unpaired) electrons. The number of phenols is 1. The number of fused-ring (bicyclic) bond motifs is 1. The molecule has 5 rings (SSSR count). The number of para-hydroxylation sites is 1. The molecular formula is C29H31N11O2. The lowest BCUT2D eigenvalue weighted by atomic mass is 10.1. The van der Waals surface area contributed by atoms with Crippen molar-refractivity contribution >= 4 is 23.1 Å². The predicted molar refractivity (Wildman–Crippen MR) is 158 cm³/mol. The normalized spacial score (nSPS) is 13.4. The molecule has 214 valence electrons. The molecule has 1 saturated heterocycles. The van der Waals surface area contributed by atoms with E-state index in [4.69, 9.17) is 17.2 Å². The molecule has 0 spiro atoms. The minimum atomic E-state index is -0.287. The van der Waals surface area contributed by atoms with Gasteiger partial charge in [-0.05, 0) is 36.3 Å². The first-order valence-electron chi connectivity index (χ1n) is 13.3. The van der Waals surface area contributed by atoms with Gasteiger partial charge < -0.3 is 37.4 Å². The monoisotopic (exact) mass is 565 g/mol. The van der Waals surface area contributed by atoms with Crippen LogP contribution in [0.4, 0.5) is 5.82 Å². The first-order chi connectivity index (χ1) is 20.4. The number of nitrogens with two attached hydrogens (primary N) is 3. The second kappa shape index (κ2) is 12.6. The first-order valence-corrected chi connectivity index (χ1v) is 13.3. The van der Waals surface area contributed by atoms with Crippen LogP contribution in [0.1, 0.15) is 28.3 Å². The van der Waals surface area contributed by atoms with E-state index in [-0.39, 0.29) is 17.5 Å². The topological polar surface area (TPSA) is 190 Å². The summed E-state index contributed by atoms with van der Waals surface area (Å²) in [6.45, 7) is 2.94. The standard InChI is InChI=1S/C29H31N11O2/c30-21(20-6-1-2-7-24(20)41)18-23(28(31)32)38-14-16-39(17-15-38)26-9-12-33-25(36-26)8-3-4-10-35-29(42)22-19-27-34-11-5-13-40(27)37-22/h1-2,5-7,9,11-13,18-19,41H,4,10,14-17,30-32H2,(H,35,42)/b21-18-. The maximum Gasteiger partial charge on any atom is 0.271 e. The van der Waals surface area contributed by atoms with E-state index < -0.39 is 0 Å². The highest BCUT2D eigenvalue weighted by molar-refractivity contribution is 5.93. The van der Waals surface area contributed by atoms with Crippen LogP contribution >= 0.6 is 0 Å². The molecular weight excluding hydrogens is 534 g/mol. The first kappa shape index (κ1) is 27.8. The lowest BCUT2D eigenvalue weighted by Gasteiger charge is -2.37. The molecule has 1 aliphatic rings. The third-order valence-corrected chi connectivity index (χ3v) is 6.59. The summed E-state index contributed by atoms with van der Waals surface area (Å²) in [5, 5.41) is 17.2. The van der Waals surface area contributed by atoms with Gasteiger partial charge in [0.2, 0.25) is 5.82 Å². The molecule has 0 aliphatic carbocycles. The highest BCUT2D eigenvalue weighted by atomic mass is 16.3. The van der Waals surface area contributed by atoms with E-state index in [1.165, 1.54) is 0 Å². The average Bonchev–Trinajstić information content (AvgIpc) is 3.45. The maximum absolute atomic E-state index is 12.4. The van der Waals surface area contributed by atoms with Gasteiger partial charge in [0, 0.05) is 75.1 Å². The van der Waals surface area contributed by atoms with Crippen molar-refractivity contribution in [2.24, 2.45) is 17.2 Å². The summed E-state index contributed by atoms with van der Waals surface area (Å²) in [6.07, 6.45) is 7.17. The maximum atomic E-state index is 12.4. The fourth-order valence-corrected chi connectivity index (χ4v) is 4.47. The number of allylic oxidation sites excluding steroid dienone is 1. The zero-order valence-electron chi connectivity index (χ0n) is 22.8. The summed E-state index contributed by atoms with van der Waals surface area (Å²) in [5.74, 6) is 7.09. The molecule has 42 heavy (non-hydrogen) atoms. The molecule has 8 N–H and O–H groups in total. The number of phenolic OH excluding ortho intramolecular Hbond substituents is 1. The van der Waals surface area contributed by atoms with Gasteiger partial charge in [-0.3, -0.25) is 4.79 Å². The lowest BCUT2D eigenvalue weighted by molar-refractivity contribution is 0.0949. The molecule has 4 aromatic rings. The van der Waals surface area contributed by atoms with Crippen LogP contribution in [-0.4, -0.2) is 73.2 Å². The second-order valence-electron chi connectivity index (χ2n) is 9.43. The molecule has 0 saturated carbocycles. The van der Waals surface area contributed by atoms with E-state index >= 15 is 0 Å². The molecule has 13 nitrogen and oxygen atoms in total. The van der Waals surface area contributed by atoms with Crippen molar-refractivity contribution < 1.29 is 9.90 Å². The summed E-state index contributed by atoms with van der Waals surface area (Å²) >= 11 is 0. The van der Waals surface area contributed by atoms with E-state index in [1.54, 1.807) is 65.6 Å². The van der Waals surface area contributed by atoms with Gasteiger partial charge in [0.25, 0.3) is 5.91 Å². The molecule has 4 heterocycles. The smallest absolute Gasteiger partial charge is 0.271 e. The number of anilines is 1. The van der Waals surface area contributed by atoms with Gasteiger partial charge >= 0.3 is 0 Å². The molecule has 1 aromatic carbocycles. The van der Waals surface area contributed by atoms with Crippen LogP contribution in [0.3, 0.4) is 0 Å². The fraction of sp³-hybridized carbons (Fsp3) is 0.207. The Labute approximate surface area is 242 Å². The molecule has 0 unspecified atom stereocenters. The number of benzene rings is 1. The number of aromatic nitrogens is 5. The minimum Gasteiger partial charge on any atom is -0.507 e. The van der Waals surface area contributed by atoms with Crippen molar-refractivity contribution in [1.29, 1.82) is 0 Å². The van der Waals surface area contributed by atoms with Gasteiger partial charge in [-0.15, -0.1) is 0 Å². The van der Waals surface area contributed by atoms with Crippen molar-refractivity contribution in [3.63, 3.8) is 0 Å². The lowest BCUT2D eigenvalue weighted by Crippen LogP contribution is -2.47. The number of piperazine rings is 1. The van der Waals surface area contributed by atoms with Gasteiger partial charge in [-0.25, -0.2) is 19.5 Å². The van der Waals surface area contributed by atoms with Crippen LogP contribution in [0.15, 0.2) is 78.6 Å². The number of amides is 1. The number of hydrogen-bond acceptors (Lipinski definition) is 11. The molecule has 13 heteroatoms. The zero-order valence-corrected chi connectivity index (χ0v) is 22.8. The number of carbonyl (C=O) groups excluding carboxylic acids is 1. The summed E-state index contributed by atoms with van der Waals surface area (Å²) in [4.78, 5) is 29.6. The van der Waals surface area contributed by atoms with Crippen molar-refractivity contribution in [2.45, 2.75) is 6.42 Å². The quantitative estimate of drug-likeness (QED) is 0.120. The number of carbonyl (C=O) groups is 1. The van der Waals surface area contributed by atoms with E-state index in [0.717, 1.165) is 5.82 Å². The Morgan fingerprint density at radius 3 is 2.62 bits per heavy atom. The predicted octanol–water partition coefficient (Wildman–Crippen LogP) is 0.605. The molecule has 1 amide bonds. The van der Waals surface area contributed by atoms with Gasteiger partial charge in [0.1, 0.15) is 17.4 Å². The van der Waals surface area contributed by atoms with Gasteiger partial charge in [-0.2, -0.15) is 5.10 Å². The SMILES string of the molecule is NC(N)=C(/C=C(\N)c1ccccc1O)N1CCN(c2ccnc(C#CCCNC(=O)c3cc4ncccn4n3)n2)CC1. The molecule has 0 atom stereocenters. The number of rotatable bonds is 7. The van der Waals surface area contributed by atoms with Crippen molar-refractivity contribution in [2.75, 3.05) is 37.6 Å². The Morgan fingerprint density at radius 1 is 1.05 bits per heavy atom. The Bertz CT molecular complexity index is 1670.